The zero-order valence-corrected chi connectivity index (χ0v) is 16.7. The van der Waals surface area contributed by atoms with Gasteiger partial charge < -0.3 is 14.5 Å². The number of thioether (sulfide) groups is 1. The van der Waals surface area contributed by atoms with Gasteiger partial charge in [-0.1, -0.05) is 13.8 Å². The van der Waals surface area contributed by atoms with Crippen LogP contribution in [0.1, 0.15) is 39.5 Å². The number of likely N-dealkylation sites (N-methyl/N-ethyl adjacent to an activating group) is 1. The Bertz CT molecular complexity index is 400. The van der Waals surface area contributed by atoms with Crippen molar-refractivity contribution in [2.24, 2.45) is 0 Å². The van der Waals surface area contributed by atoms with Crippen LogP contribution in [0.2, 0.25) is 0 Å². The van der Waals surface area contributed by atoms with Gasteiger partial charge >= 0.3 is 6.09 Å². The molecule has 6 heteroatoms. The molecule has 0 radical (unpaired) electrons. The summed E-state index contributed by atoms with van der Waals surface area (Å²) in [6, 6.07) is 0. The highest BCUT2D eigenvalue weighted by Gasteiger charge is 2.42. The molecule has 0 aromatic heterocycles. The summed E-state index contributed by atoms with van der Waals surface area (Å²) in [6.45, 7) is 11.2. The van der Waals surface area contributed by atoms with E-state index in [0.29, 0.717) is 6.61 Å². The van der Waals surface area contributed by atoms with Crippen molar-refractivity contribution in [3.8, 4) is 0 Å². The monoisotopic (exact) mass is 357 g/mol. The van der Waals surface area contributed by atoms with Crippen LogP contribution >= 0.6 is 11.8 Å². The Labute approximate surface area is 152 Å². The van der Waals surface area contributed by atoms with Gasteiger partial charge in [-0.25, -0.2) is 4.79 Å². The number of hydrogen-bond acceptors (Lipinski definition) is 5. The van der Waals surface area contributed by atoms with E-state index in [9.17, 15) is 4.79 Å². The summed E-state index contributed by atoms with van der Waals surface area (Å²) in [4.78, 5) is 19.1. The molecule has 2 rings (SSSR count). The third kappa shape index (κ3) is 5.02. The van der Waals surface area contributed by atoms with Crippen molar-refractivity contribution >= 4 is 17.9 Å². The molecule has 0 N–H and O–H groups in total. The molecule has 2 aliphatic heterocycles. The van der Waals surface area contributed by atoms with Crippen LogP contribution < -0.4 is 0 Å². The summed E-state index contributed by atoms with van der Waals surface area (Å²) in [7, 11) is 2.26. The van der Waals surface area contributed by atoms with Crippen LogP contribution in [0.15, 0.2) is 0 Å². The average Bonchev–Trinajstić information content (AvgIpc) is 2.61. The topological polar surface area (TPSA) is 36.0 Å². The fourth-order valence-electron chi connectivity index (χ4n) is 3.74. The van der Waals surface area contributed by atoms with Crippen LogP contribution in [0.4, 0.5) is 4.79 Å². The van der Waals surface area contributed by atoms with Gasteiger partial charge in [-0.3, -0.25) is 4.90 Å². The van der Waals surface area contributed by atoms with Crippen molar-refractivity contribution in [1.29, 1.82) is 0 Å². The molecule has 0 saturated carbocycles. The van der Waals surface area contributed by atoms with E-state index < -0.39 is 0 Å². The average molecular weight is 358 g/mol. The maximum atomic E-state index is 12.1. The first-order chi connectivity index (χ1) is 11.5. The van der Waals surface area contributed by atoms with E-state index in [4.69, 9.17) is 4.74 Å². The van der Waals surface area contributed by atoms with Crippen molar-refractivity contribution in [2.75, 3.05) is 59.2 Å². The number of carbonyl (C=O) groups excluding carboxylic acids is 1. The van der Waals surface area contributed by atoms with Gasteiger partial charge in [0.2, 0.25) is 0 Å². The Morgan fingerprint density at radius 1 is 1.25 bits per heavy atom. The highest BCUT2D eigenvalue weighted by Crippen LogP contribution is 2.32. The van der Waals surface area contributed by atoms with Crippen LogP contribution in [-0.4, -0.2) is 90.8 Å². The Balaban J connectivity index is 1.86. The number of ether oxygens (including phenoxy) is 1. The molecule has 0 aromatic rings. The molecule has 140 valence electrons. The van der Waals surface area contributed by atoms with Crippen LogP contribution in [0.3, 0.4) is 0 Å². The predicted octanol–water partition coefficient (Wildman–Crippen LogP) is 2.76. The lowest BCUT2D eigenvalue weighted by Crippen LogP contribution is -2.64. The molecule has 1 amide bonds. The highest BCUT2D eigenvalue weighted by atomic mass is 32.2. The predicted molar refractivity (Wildman–Crippen MR) is 102 cm³/mol. The minimum absolute atomic E-state index is 0.129. The second kappa shape index (κ2) is 9.30. The zero-order valence-electron chi connectivity index (χ0n) is 15.9. The third-order valence-electron chi connectivity index (χ3n) is 5.72. The van der Waals surface area contributed by atoms with Gasteiger partial charge in [0.1, 0.15) is 0 Å². The summed E-state index contributed by atoms with van der Waals surface area (Å²) in [5, 5.41) is 0.732. The molecular weight excluding hydrogens is 322 g/mol. The van der Waals surface area contributed by atoms with E-state index in [1.165, 1.54) is 19.5 Å². The second-order valence-electron chi connectivity index (χ2n) is 7.36. The normalized spacial score (nSPS) is 23.4. The summed E-state index contributed by atoms with van der Waals surface area (Å²) >= 11 is 1.96. The molecule has 2 fully saturated rings. The van der Waals surface area contributed by atoms with E-state index in [2.05, 4.69) is 30.0 Å². The smallest absolute Gasteiger partial charge is 0.409 e. The summed E-state index contributed by atoms with van der Waals surface area (Å²) < 4.78 is 5.29. The molecule has 2 saturated heterocycles. The Kier molecular flexibility index (Phi) is 7.69. The van der Waals surface area contributed by atoms with Gasteiger partial charge in [-0.15, -0.1) is 0 Å². The van der Waals surface area contributed by atoms with Crippen molar-refractivity contribution in [2.45, 2.75) is 50.3 Å². The molecule has 1 unspecified atom stereocenters. The summed E-state index contributed by atoms with van der Waals surface area (Å²) in [6.07, 6.45) is 6.32. The van der Waals surface area contributed by atoms with Gasteiger partial charge in [0, 0.05) is 43.5 Å². The lowest BCUT2D eigenvalue weighted by Gasteiger charge is -2.53. The van der Waals surface area contributed by atoms with Crippen molar-refractivity contribution < 1.29 is 9.53 Å². The van der Waals surface area contributed by atoms with Crippen LogP contribution in [0.5, 0.6) is 0 Å². The quantitative estimate of drug-likeness (QED) is 0.730. The van der Waals surface area contributed by atoms with E-state index in [-0.39, 0.29) is 11.6 Å². The molecule has 1 atom stereocenters. The number of rotatable bonds is 6. The number of likely N-dealkylation sites (tertiary alicyclic amines) is 1. The van der Waals surface area contributed by atoms with Crippen molar-refractivity contribution in [3.63, 3.8) is 0 Å². The van der Waals surface area contributed by atoms with Gasteiger partial charge in [0.25, 0.3) is 0 Å². The molecule has 2 heterocycles. The molecular formula is C18H35N3O2S. The van der Waals surface area contributed by atoms with E-state index >= 15 is 0 Å². The van der Waals surface area contributed by atoms with E-state index in [1.807, 2.05) is 23.6 Å². The fourth-order valence-corrected chi connectivity index (χ4v) is 4.08. The number of piperazine rings is 1. The third-order valence-corrected chi connectivity index (χ3v) is 6.76. The fraction of sp³-hybridized carbons (Fsp3) is 0.944. The highest BCUT2D eigenvalue weighted by molar-refractivity contribution is 7.99. The number of amides is 1. The largest absolute Gasteiger partial charge is 0.449 e. The summed E-state index contributed by atoms with van der Waals surface area (Å²) in [5.74, 6) is 0. The standard InChI is InChI=1S/C18H35N3O2S/c1-5-14-23-17(22)21-10-7-18(8-11-21)15-20(13-12-19(18)3)9-6-16(2)24-4/h16H,5-15H2,1-4H3. The molecule has 24 heavy (non-hydrogen) atoms. The maximum Gasteiger partial charge on any atom is 0.409 e. The zero-order chi connectivity index (χ0) is 17.6. The Hall–Kier alpha value is -0.460. The summed E-state index contributed by atoms with van der Waals surface area (Å²) in [5.41, 5.74) is 0.238. The van der Waals surface area contributed by atoms with Gasteiger partial charge in [-0.05, 0) is 45.5 Å². The van der Waals surface area contributed by atoms with Gasteiger partial charge in [-0.2, -0.15) is 11.8 Å². The number of nitrogens with zero attached hydrogens (tertiary/aromatic N) is 3. The SMILES string of the molecule is CCCOC(=O)N1CCC2(CC1)CN(CCC(C)SC)CCN2C. The van der Waals surface area contributed by atoms with Crippen LogP contribution in [0.25, 0.3) is 0 Å². The first-order valence-corrected chi connectivity index (χ1v) is 10.7. The molecule has 1 spiro atoms. The molecule has 0 aromatic carbocycles. The number of carbonyl (C=O) groups is 1. The molecule has 0 aliphatic carbocycles. The van der Waals surface area contributed by atoms with Crippen LogP contribution in [-0.2, 0) is 4.74 Å². The number of hydrogen-bond donors (Lipinski definition) is 0. The molecule has 2 aliphatic rings. The Morgan fingerprint density at radius 3 is 2.58 bits per heavy atom. The lowest BCUT2D eigenvalue weighted by atomic mass is 9.83. The molecule has 0 bridgehead atoms. The van der Waals surface area contributed by atoms with Gasteiger partial charge in [0.05, 0.1) is 6.61 Å². The van der Waals surface area contributed by atoms with Crippen molar-refractivity contribution in [3.05, 3.63) is 0 Å². The minimum atomic E-state index is -0.129. The second-order valence-corrected chi connectivity index (χ2v) is 8.63. The van der Waals surface area contributed by atoms with Crippen LogP contribution in [0, 0.1) is 0 Å². The van der Waals surface area contributed by atoms with Crippen molar-refractivity contribution in [1.82, 2.24) is 14.7 Å². The Morgan fingerprint density at radius 2 is 1.96 bits per heavy atom. The minimum Gasteiger partial charge on any atom is -0.449 e. The van der Waals surface area contributed by atoms with Gasteiger partial charge in [0.15, 0.2) is 0 Å². The van der Waals surface area contributed by atoms with E-state index in [0.717, 1.165) is 50.7 Å². The van der Waals surface area contributed by atoms with E-state index in [1.54, 1.807) is 0 Å². The molecule has 5 nitrogen and oxygen atoms in total. The maximum absolute atomic E-state index is 12.1. The number of piperidine rings is 1. The first kappa shape index (κ1) is 19.9. The first-order valence-electron chi connectivity index (χ1n) is 9.39. The lowest BCUT2D eigenvalue weighted by molar-refractivity contribution is -0.0265.